The molecule has 10 N–H and O–H groups in total. The maximum Gasteiger partial charge on any atom is 0.326 e. The number of aromatic hydroxyl groups is 2. The number of likely N-dealkylation sites (tertiary alicyclic amines) is 2. The van der Waals surface area contributed by atoms with Gasteiger partial charge in [-0.1, -0.05) is 54.6 Å². The largest absolute Gasteiger partial charge is 0.508 e. The molecule has 0 saturated carbocycles. The number of thioether (sulfide) groups is 1. The molecular weight excluding hydrogens is 895 g/mol. The summed E-state index contributed by atoms with van der Waals surface area (Å²) >= 11 is 1.45. The number of benzene rings is 3. The van der Waals surface area contributed by atoms with Crippen LogP contribution in [0.5, 0.6) is 11.5 Å². The van der Waals surface area contributed by atoms with Gasteiger partial charge in [0.15, 0.2) is 0 Å². The fourth-order valence-corrected chi connectivity index (χ4v) is 8.98. The van der Waals surface area contributed by atoms with Crippen molar-refractivity contribution in [2.75, 3.05) is 25.1 Å². The fraction of sp³-hybridized carbons (Fsp3) is 0.417. The van der Waals surface area contributed by atoms with Crippen molar-refractivity contribution in [3.63, 3.8) is 0 Å². The van der Waals surface area contributed by atoms with Crippen molar-refractivity contribution in [1.82, 2.24) is 41.0 Å². The van der Waals surface area contributed by atoms with Gasteiger partial charge in [0.1, 0.15) is 47.8 Å². The third kappa shape index (κ3) is 13.8. The zero-order chi connectivity index (χ0) is 48.7. The van der Waals surface area contributed by atoms with Gasteiger partial charge in [-0.2, -0.15) is 11.8 Å². The maximum absolute atomic E-state index is 14.6. The van der Waals surface area contributed by atoms with Crippen LogP contribution in [0.25, 0.3) is 0 Å². The van der Waals surface area contributed by atoms with Crippen molar-refractivity contribution in [1.29, 1.82) is 0 Å². The lowest BCUT2D eigenvalue weighted by molar-refractivity contribution is -0.145. The first-order valence-electron chi connectivity index (χ1n) is 22.6. The number of aromatic amines is 1. The number of amides is 6. The molecule has 4 aromatic rings. The van der Waals surface area contributed by atoms with Crippen molar-refractivity contribution in [2.45, 2.75) is 100 Å². The van der Waals surface area contributed by atoms with Gasteiger partial charge in [-0.05, 0) is 91.5 Å². The summed E-state index contributed by atoms with van der Waals surface area (Å²) in [5, 5.41) is 40.5. The second kappa shape index (κ2) is 24.2. The summed E-state index contributed by atoms with van der Waals surface area (Å²) in [7, 11) is 0. The minimum Gasteiger partial charge on any atom is -0.508 e. The number of carboxylic acid groups (broad SMARTS) is 1. The lowest BCUT2D eigenvalue weighted by Gasteiger charge is -2.32. The molecule has 6 amide bonds. The molecule has 6 rings (SSSR count). The van der Waals surface area contributed by atoms with E-state index in [-0.39, 0.29) is 69.5 Å². The predicted octanol–water partition coefficient (Wildman–Crippen LogP) is 1.18. The highest BCUT2D eigenvalue weighted by Crippen LogP contribution is 2.24. The van der Waals surface area contributed by atoms with Gasteiger partial charge >= 0.3 is 5.97 Å². The molecule has 19 nitrogen and oxygen atoms in total. The first-order chi connectivity index (χ1) is 32.7. The molecule has 0 unspecified atom stereocenters. The number of rotatable bonds is 22. The molecule has 2 fully saturated rings. The summed E-state index contributed by atoms with van der Waals surface area (Å²) in [6, 6.07) is 13.4. The molecule has 1 aromatic heterocycles. The number of carbonyl (C=O) groups excluding carboxylic acids is 6. The third-order valence-corrected chi connectivity index (χ3v) is 12.8. The van der Waals surface area contributed by atoms with Crippen molar-refractivity contribution < 1.29 is 48.9 Å². The standard InChI is InChI=1S/C48H59N9O10S/c1-68-22-19-36(43(61)55-39(48(66)67)25-29-7-3-2-4-8-29)52-44(62)40-9-5-21-57(40)47(65)38(26-32-27-50-28-51-32)54-45(63)41-10-6-20-56(41)46(64)37(24-31-13-17-34(59)18-14-31)53-42(60)35(49)23-30-11-15-33(58)16-12-30/h2-4,7-8,11-18,27-28,35-41,58-59H,5-6,9-10,19-26,49H2,1H3,(H,50,51)(H,52,62)(H,53,60)(H,54,63)(H,55,61)(H,66,67)/t35-,36-,37-,38-,39-,40-,41-/m0/s1. The van der Waals surface area contributed by atoms with E-state index in [0.29, 0.717) is 41.0 Å². The number of phenols is 2. The van der Waals surface area contributed by atoms with Gasteiger partial charge in [-0.15, -0.1) is 0 Å². The molecule has 3 aromatic carbocycles. The lowest BCUT2D eigenvalue weighted by Crippen LogP contribution is -2.60. The Balaban J connectivity index is 1.16. The van der Waals surface area contributed by atoms with E-state index in [1.54, 1.807) is 54.6 Å². The number of carboxylic acids is 1. The van der Waals surface area contributed by atoms with E-state index >= 15 is 0 Å². The SMILES string of the molecule is CSCC[C@H](NC(=O)[C@@H]1CCCN1C(=O)[C@H](Cc1cnc[nH]1)NC(=O)[C@@H]1CCCN1C(=O)[C@H](Cc1ccc(O)cc1)NC(=O)[C@@H](N)Cc1ccc(O)cc1)C(=O)N[C@@H](Cc1ccccc1)C(=O)O. The molecule has 20 heteroatoms. The van der Waals surface area contributed by atoms with Crippen LogP contribution in [0.4, 0.5) is 0 Å². The van der Waals surface area contributed by atoms with E-state index in [2.05, 4.69) is 31.2 Å². The number of H-pyrrole nitrogens is 1. The van der Waals surface area contributed by atoms with Gasteiger partial charge in [-0.3, -0.25) is 28.8 Å². The number of nitrogens with one attached hydrogen (secondary N) is 5. The zero-order valence-electron chi connectivity index (χ0n) is 37.7. The molecule has 362 valence electrons. The minimum atomic E-state index is -1.26. The normalized spacial score (nSPS) is 17.9. The topological polar surface area (TPSA) is 289 Å². The van der Waals surface area contributed by atoms with Crippen molar-refractivity contribution in [3.05, 3.63) is 114 Å². The van der Waals surface area contributed by atoms with Crippen molar-refractivity contribution >= 4 is 53.2 Å². The van der Waals surface area contributed by atoms with Gasteiger partial charge in [-0.25, -0.2) is 9.78 Å². The summed E-state index contributed by atoms with van der Waals surface area (Å²) in [5.41, 5.74) is 8.83. The molecule has 7 atom stereocenters. The van der Waals surface area contributed by atoms with E-state index in [4.69, 9.17) is 5.73 Å². The Morgan fingerprint density at radius 1 is 0.676 bits per heavy atom. The summed E-state index contributed by atoms with van der Waals surface area (Å²) in [5.74, 6) is -4.33. The molecule has 68 heavy (non-hydrogen) atoms. The van der Waals surface area contributed by atoms with Crippen LogP contribution in [0.1, 0.15) is 54.5 Å². The van der Waals surface area contributed by atoms with Gasteiger partial charge in [0.05, 0.1) is 12.4 Å². The van der Waals surface area contributed by atoms with Crippen LogP contribution < -0.4 is 27.0 Å². The van der Waals surface area contributed by atoms with Gasteiger partial charge < -0.3 is 57.1 Å². The number of aliphatic carboxylic acids is 1. The number of imidazole rings is 1. The van der Waals surface area contributed by atoms with Crippen LogP contribution in [0.15, 0.2) is 91.4 Å². The van der Waals surface area contributed by atoms with Gasteiger partial charge in [0.25, 0.3) is 0 Å². The lowest BCUT2D eigenvalue weighted by atomic mass is 10.0. The summed E-state index contributed by atoms with van der Waals surface area (Å²) in [6.45, 7) is 0.352. The Bertz CT molecular complexity index is 2350. The van der Waals surface area contributed by atoms with E-state index in [0.717, 1.165) is 0 Å². The molecule has 0 aliphatic carbocycles. The minimum absolute atomic E-state index is 0.00853. The van der Waals surface area contributed by atoms with Crippen LogP contribution in [-0.4, -0.2) is 144 Å². The Kier molecular flexibility index (Phi) is 18.0. The summed E-state index contributed by atoms with van der Waals surface area (Å²) in [4.78, 5) is 107. The highest BCUT2D eigenvalue weighted by Gasteiger charge is 2.42. The van der Waals surface area contributed by atoms with Crippen molar-refractivity contribution in [2.24, 2.45) is 5.73 Å². The average molecular weight is 954 g/mol. The number of carbonyl (C=O) groups is 7. The summed E-state index contributed by atoms with van der Waals surface area (Å²) in [6.07, 6.45) is 6.50. The molecule has 0 spiro atoms. The van der Waals surface area contributed by atoms with Crippen LogP contribution in [-0.2, 0) is 59.2 Å². The monoisotopic (exact) mass is 953 g/mol. The molecule has 2 saturated heterocycles. The quantitative estimate of drug-likeness (QED) is 0.0536. The first kappa shape index (κ1) is 50.5. The van der Waals surface area contributed by atoms with Crippen LogP contribution in [0, 0.1) is 0 Å². The Labute approximate surface area is 398 Å². The number of nitrogens with zero attached hydrogens (tertiary/aromatic N) is 3. The van der Waals surface area contributed by atoms with Crippen LogP contribution in [0.2, 0.25) is 0 Å². The maximum atomic E-state index is 14.6. The van der Waals surface area contributed by atoms with Crippen LogP contribution >= 0.6 is 11.8 Å². The van der Waals surface area contributed by atoms with E-state index in [1.165, 1.54) is 58.4 Å². The number of hydrogen-bond donors (Lipinski definition) is 9. The predicted molar refractivity (Wildman–Crippen MR) is 252 cm³/mol. The number of phenolic OH excluding ortho intramolecular Hbond substituents is 2. The smallest absolute Gasteiger partial charge is 0.326 e. The molecule has 2 aliphatic rings. The van der Waals surface area contributed by atoms with E-state index in [1.807, 2.05) is 6.26 Å². The van der Waals surface area contributed by atoms with Crippen LogP contribution in [0.3, 0.4) is 0 Å². The number of aromatic nitrogens is 2. The zero-order valence-corrected chi connectivity index (χ0v) is 38.5. The second-order valence-corrected chi connectivity index (χ2v) is 18.0. The Hall–Kier alpha value is -6.93. The molecule has 3 heterocycles. The van der Waals surface area contributed by atoms with Gasteiger partial charge in [0, 0.05) is 44.2 Å². The Morgan fingerprint density at radius 3 is 1.71 bits per heavy atom. The molecule has 0 radical (unpaired) electrons. The number of hydrogen-bond acceptors (Lipinski definition) is 12. The molecular formula is C48H59N9O10S. The highest BCUT2D eigenvalue weighted by molar-refractivity contribution is 7.98. The van der Waals surface area contributed by atoms with E-state index < -0.39 is 83.7 Å². The molecule has 2 aliphatic heterocycles. The van der Waals surface area contributed by atoms with Crippen molar-refractivity contribution in [3.8, 4) is 11.5 Å². The Morgan fingerprint density at radius 2 is 1.18 bits per heavy atom. The highest BCUT2D eigenvalue weighted by atomic mass is 32.2. The fourth-order valence-electron chi connectivity index (χ4n) is 8.51. The third-order valence-electron chi connectivity index (χ3n) is 12.1. The first-order valence-corrected chi connectivity index (χ1v) is 24.0. The van der Waals surface area contributed by atoms with E-state index in [9.17, 15) is 48.9 Å². The summed E-state index contributed by atoms with van der Waals surface area (Å²) < 4.78 is 0. The average Bonchev–Trinajstić information content (AvgIpc) is 4.15. The number of nitrogens with two attached hydrogens (primary N) is 1. The van der Waals surface area contributed by atoms with Gasteiger partial charge in [0.2, 0.25) is 35.4 Å². The molecule has 0 bridgehead atoms. The second-order valence-electron chi connectivity index (χ2n) is 17.1.